The van der Waals surface area contributed by atoms with Crippen molar-refractivity contribution in [2.45, 2.75) is 13.8 Å². The van der Waals surface area contributed by atoms with E-state index in [4.69, 9.17) is 9.47 Å². The number of aryl methyl sites for hydroxylation is 1. The summed E-state index contributed by atoms with van der Waals surface area (Å²) in [5.41, 5.74) is 3.58. The van der Waals surface area contributed by atoms with Gasteiger partial charge in [-0.15, -0.1) is 0 Å². The lowest BCUT2D eigenvalue weighted by atomic mass is 10.1. The summed E-state index contributed by atoms with van der Waals surface area (Å²) >= 11 is 0. The number of ether oxygens (including phenoxy) is 2. The van der Waals surface area contributed by atoms with Gasteiger partial charge in [0, 0.05) is 6.07 Å². The van der Waals surface area contributed by atoms with Crippen LogP contribution in [0.4, 0.5) is 0 Å². The first-order chi connectivity index (χ1) is 11.0. The summed E-state index contributed by atoms with van der Waals surface area (Å²) in [6, 6.07) is 13.2. The number of rotatable bonds is 4. The monoisotopic (exact) mass is 306 g/mol. The maximum absolute atomic E-state index is 12.4. The molecule has 1 aliphatic heterocycles. The number of Topliss-reactive ketones (excluding diaryl/α,β-unsaturated/α-hetero) is 1. The molecule has 3 nitrogen and oxygen atoms in total. The summed E-state index contributed by atoms with van der Waals surface area (Å²) in [6.45, 7) is 8.16. The normalized spacial score (nSPS) is 14.5. The highest BCUT2D eigenvalue weighted by atomic mass is 16.5. The predicted octanol–water partition coefficient (Wildman–Crippen LogP) is 4.57. The summed E-state index contributed by atoms with van der Waals surface area (Å²) in [5, 5.41) is 0. The molecule has 0 saturated heterocycles. The second-order valence-corrected chi connectivity index (χ2v) is 5.76. The molecule has 0 fully saturated rings. The lowest BCUT2D eigenvalue weighted by Crippen LogP contribution is -1.98. The van der Waals surface area contributed by atoms with E-state index in [0.717, 1.165) is 16.7 Å². The van der Waals surface area contributed by atoms with Crippen LogP contribution in [-0.2, 0) is 0 Å². The lowest BCUT2D eigenvalue weighted by molar-refractivity contribution is 0.101. The molecule has 0 radical (unpaired) electrons. The van der Waals surface area contributed by atoms with E-state index in [2.05, 4.69) is 6.58 Å². The molecule has 3 rings (SSSR count). The molecule has 0 spiro atoms. The smallest absolute Gasteiger partial charge is 0.231 e. The van der Waals surface area contributed by atoms with Gasteiger partial charge >= 0.3 is 0 Å². The van der Waals surface area contributed by atoms with Crippen LogP contribution in [0.15, 0.2) is 60.4 Å². The SMILES string of the molecule is C=C(C)COc1ccc2c(c1)OC(=Cc1cccc(C)c1)C2=O. The van der Waals surface area contributed by atoms with Gasteiger partial charge in [-0.05, 0) is 43.2 Å². The first-order valence-corrected chi connectivity index (χ1v) is 7.45. The fourth-order valence-electron chi connectivity index (χ4n) is 2.37. The Morgan fingerprint density at radius 1 is 1.26 bits per heavy atom. The molecule has 1 heterocycles. The highest BCUT2D eigenvalue weighted by molar-refractivity contribution is 6.14. The minimum atomic E-state index is -0.104. The van der Waals surface area contributed by atoms with Gasteiger partial charge in [0.2, 0.25) is 5.78 Å². The first-order valence-electron chi connectivity index (χ1n) is 7.45. The molecule has 0 N–H and O–H groups in total. The van der Waals surface area contributed by atoms with Gasteiger partial charge in [0.1, 0.15) is 18.1 Å². The Bertz CT molecular complexity index is 815. The molecular weight excluding hydrogens is 288 g/mol. The minimum absolute atomic E-state index is 0.104. The quantitative estimate of drug-likeness (QED) is 0.613. The zero-order valence-corrected chi connectivity index (χ0v) is 13.3. The lowest BCUT2D eigenvalue weighted by Gasteiger charge is -2.06. The van der Waals surface area contributed by atoms with Crippen molar-refractivity contribution in [2.24, 2.45) is 0 Å². The molecule has 0 aliphatic carbocycles. The molecule has 0 bridgehead atoms. The Kier molecular flexibility index (Phi) is 4.02. The van der Waals surface area contributed by atoms with Crippen LogP contribution in [0.5, 0.6) is 11.5 Å². The minimum Gasteiger partial charge on any atom is -0.489 e. The maximum atomic E-state index is 12.4. The van der Waals surface area contributed by atoms with Crippen molar-refractivity contribution in [1.29, 1.82) is 0 Å². The van der Waals surface area contributed by atoms with Crippen molar-refractivity contribution in [3.05, 3.63) is 77.1 Å². The molecule has 1 aliphatic rings. The Morgan fingerprint density at radius 2 is 2.09 bits per heavy atom. The van der Waals surface area contributed by atoms with E-state index < -0.39 is 0 Å². The van der Waals surface area contributed by atoms with Gasteiger partial charge in [-0.2, -0.15) is 0 Å². The highest BCUT2D eigenvalue weighted by Gasteiger charge is 2.27. The summed E-state index contributed by atoms with van der Waals surface area (Å²) in [5.74, 6) is 1.43. The molecular formula is C20H18O3. The highest BCUT2D eigenvalue weighted by Crippen LogP contribution is 2.35. The van der Waals surface area contributed by atoms with E-state index in [0.29, 0.717) is 29.4 Å². The van der Waals surface area contributed by atoms with E-state index in [9.17, 15) is 4.79 Å². The maximum Gasteiger partial charge on any atom is 0.231 e. The van der Waals surface area contributed by atoms with Crippen LogP contribution >= 0.6 is 0 Å². The van der Waals surface area contributed by atoms with E-state index in [-0.39, 0.29) is 5.78 Å². The van der Waals surface area contributed by atoms with Gasteiger partial charge in [0.05, 0.1) is 5.56 Å². The summed E-state index contributed by atoms with van der Waals surface area (Å²) in [6.07, 6.45) is 1.77. The third-order valence-corrected chi connectivity index (χ3v) is 3.47. The number of hydrogen-bond donors (Lipinski definition) is 0. The van der Waals surface area contributed by atoms with Crippen LogP contribution in [0, 0.1) is 6.92 Å². The number of carbonyl (C=O) groups excluding carboxylic acids is 1. The van der Waals surface area contributed by atoms with Crippen LogP contribution in [0.2, 0.25) is 0 Å². The van der Waals surface area contributed by atoms with Gasteiger partial charge in [-0.3, -0.25) is 4.79 Å². The number of hydrogen-bond acceptors (Lipinski definition) is 3. The van der Waals surface area contributed by atoms with Crippen molar-refractivity contribution in [3.63, 3.8) is 0 Å². The largest absolute Gasteiger partial charge is 0.489 e. The topological polar surface area (TPSA) is 35.5 Å². The number of carbonyl (C=O) groups is 1. The number of ketones is 1. The summed E-state index contributed by atoms with van der Waals surface area (Å²) < 4.78 is 11.3. The van der Waals surface area contributed by atoms with Crippen LogP contribution in [0.3, 0.4) is 0 Å². The van der Waals surface area contributed by atoms with Gasteiger partial charge in [-0.1, -0.05) is 36.4 Å². The van der Waals surface area contributed by atoms with Crippen molar-refractivity contribution < 1.29 is 14.3 Å². The van der Waals surface area contributed by atoms with Crippen LogP contribution < -0.4 is 9.47 Å². The number of fused-ring (bicyclic) bond motifs is 1. The van der Waals surface area contributed by atoms with E-state index in [1.165, 1.54) is 0 Å². The average molecular weight is 306 g/mol. The van der Waals surface area contributed by atoms with Crippen LogP contribution in [0.1, 0.15) is 28.4 Å². The zero-order chi connectivity index (χ0) is 16.4. The van der Waals surface area contributed by atoms with E-state index in [1.54, 1.807) is 24.3 Å². The molecule has 0 saturated carbocycles. The van der Waals surface area contributed by atoms with Gasteiger partial charge in [0.25, 0.3) is 0 Å². The Labute approximate surface area is 135 Å². The molecule has 0 amide bonds. The standard InChI is InChI=1S/C20H18O3/c1-13(2)12-22-16-7-8-17-18(11-16)23-19(20(17)21)10-15-6-4-5-14(3)9-15/h4-11H,1,12H2,2-3H3. The number of allylic oxidation sites excluding steroid dienone is 1. The van der Waals surface area contributed by atoms with Crippen LogP contribution in [0.25, 0.3) is 6.08 Å². The fraction of sp³-hybridized carbons (Fsp3) is 0.150. The summed E-state index contributed by atoms with van der Waals surface area (Å²) in [7, 11) is 0. The third-order valence-electron chi connectivity index (χ3n) is 3.47. The molecule has 0 aromatic heterocycles. The Morgan fingerprint density at radius 3 is 2.83 bits per heavy atom. The Balaban J connectivity index is 1.85. The molecule has 0 unspecified atom stereocenters. The zero-order valence-electron chi connectivity index (χ0n) is 13.3. The van der Waals surface area contributed by atoms with Gasteiger partial charge < -0.3 is 9.47 Å². The van der Waals surface area contributed by atoms with Gasteiger partial charge in [0.15, 0.2) is 5.76 Å². The van der Waals surface area contributed by atoms with Crippen LogP contribution in [-0.4, -0.2) is 12.4 Å². The predicted molar refractivity (Wildman–Crippen MR) is 90.9 cm³/mol. The third kappa shape index (κ3) is 3.34. The average Bonchev–Trinajstić information content (AvgIpc) is 2.81. The molecule has 2 aromatic carbocycles. The molecule has 0 atom stereocenters. The summed E-state index contributed by atoms with van der Waals surface area (Å²) in [4.78, 5) is 12.4. The van der Waals surface area contributed by atoms with E-state index in [1.807, 2.05) is 38.1 Å². The molecule has 23 heavy (non-hydrogen) atoms. The van der Waals surface area contributed by atoms with Crippen molar-refractivity contribution >= 4 is 11.9 Å². The second-order valence-electron chi connectivity index (χ2n) is 5.76. The number of benzene rings is 2. The van der Waals surface area contributed by atoms with Crippen molar-refractivity contribution in [1.82, 2.24) is 0 Å². The fourth-order valence-corrected chi connectivity index (χ4v) is 2.37. The van der Waals surface area contributed by atoms with E-state index >= 15 is 0 Å². The first kappa shape index (κ1) is 15.1. The molecule has 116 valence electrons. The second kappa shape index (κ2) is 6.13. The van der Waals surface area contributed by atoms with Crippen molar-refractivity contribution in [2.75, 3.05) is 6.61 Å². The van der Waals surface area contributed by atoms with Gasteiger partial charge in [-0.25, -0.2) is 0 Å². The molecule has 2 aromatic rings. The Hall–Kier alpha value is -2.81. The molecule has 3 heteroatoms. The van der Waals surface area contributed by atoms with Crippen molar-refractivity contribution in [3.8, 4) is 11.5 Å².